The smallest absolute Gasteiger partial charge is 0.384 e. The van der Waals surface area contributed by atoms with Gasteiger partial charge in [0.15, 0.2) is 5.78 Å². The monoisotopic (exact) mass is 639 g/mol. The third kappa shape index (κ3) is 5.98. The Morgan fingerprint density at radius 2 is 1.75 bits per heavy atom. The van der Waals surface area contributed by atoms with E-state index in [1.54, 1.807) is 12.1 Å². The summed E-state index contributed by atoms with van der Waals surface area (Å²) in [5, 5.41) is 10.5. The van der Waals surface area contributed by atoms with Crippen molar-refractivity contribution in [3.63, 3.8) is 0 Å². The van der Waals surface area contributed by atoms with Crippen molar-refractivity contribution in [1.82, 2.24) is 0 Å². The van der Waals surface area contributed by atoms with E-state index >= 15 is 0 Å². The van der Waals surface area contributed by atoms with Crippen LogP contribution in [0.15, 0.2) is 82.2 Å². The van der Waals surface area contributed by atoms with Crippen molar-refractivity contribution in [2.75, 3.05) is 4.90 Å². The van der Waals surface area contributed by atoms with Crippen LogP contribution in [0.1, 0.15) is 60.4 Å². The van der Waals surface area contributed by atoms with Gasteiger partial charge in [-0.1, -0.05) is 37.6 Å². The maximum absolute atomic E-state index is 14.0. The number of nitrogens with two attached hydrogens (primary N) is 1. The summed E-state index contributed by atoms with van der Waals surface area (Å²) in [7, 11) is 0. The summed E-state index contributed by atoms with van der Waals surface area (Å²) >= 11 is 8.01. The van der Waals surface area contributed by atoms with Gasteiger partial charge in [0.2, 0.25) is 0 Å². The predicted molar refractivity (Wildman–Crippen MR) is 165 cm³/mol. The number of rotatable bonds is 5. The van der Waals surface area contributed by atoms with Gasteiger partial charge in [0.05, 0.1) is 33.8 Å². The van der Waals surface area contributed by atoms with Crippen LogP contribution < -0.4 is 10.6 Å². The van der Waals surface area contributed by atoms with Crippen LogP contribution in [0.2, 0.25) is 5.02 Å². The number of allylic oxidation sites excluding steroid dienone is 3. The molecule has 4 nitrogen and oxygen atoms in total. The molecule has 228 valence electrons. The number of Topliss-reactive ketones (excluding diaryl/α,β-unsaturated/α-hetero) is 1. The first kappa shape index (κ1) is 31.7. The number of ketones is 1. The molecule has 5 rings (SSSR count). The van der Waals surface area contributed by atoms with Crippen LogP contribution in [0.4, 0.5) is 23.2 Å². The number of nitrogens with zero attached hydrogens (tertiary/aromatic N) is 2. The minimum absolute atomic E-state index is 0.00555. The molecule has 0 radical (unpaired) electrons. The maximum Gasteiger partial charge on any atom is 0.416 e. The number of benzene rings is 3. The largest absolute Gasteiger partial charge is 0.416 e. The number of carbonyl (C=O) groups excluding carboxylic acids is 1. The number of halogens is 5. The minimum Gasteiger partial charge on any atom is -0.384 e. The van der Waals surface area contributed by atoms with E-state index in [4.69, 9.17) is 17.3 Å². The lowest BCUT2D eigenvalue weighted by molar-refractivity contribution is -0.137. The SMILES string of the molecule is Cc1cc(C)c(C2C(C#N)=C(N)N(c3cc(C(F)(F)F)ccc3Cl)C3=C2C(=O)CC(C)(C)C3)cc1CSc1ccc(F)cc1. The van der Waals surface area contributed by atoms with Gasteiger partial charge in [-0.05, 0) is 90.4 Å². The van der Waals surface area contributed by atoms with Crippen LogP contribution in [0.5, 0.6) is 0 Å². The van der Waals surface area contributed by atoms with Crippen molar-refractivity contribution in [3.8, 4) is 6.07 Å². The molecule has 1 atom stereocenters. The molecule has 44 heavy (non-hydrogen) atoms. The average molecular weight is 640 g/mol. The Balaban J connectivity index is 1.69. The highest BCUT2D eigenvalue weighted by atomic mass is 35.5. The van der Waals surface area contributed by atoms with Crippen LogP contribution in [0.3, 0.4) is 0 Å². The standard InChI is InChI=1S/C34H30ClF4N3OS/c1-18-11-19(2)24(12-20(18)17-44-23-8-6-22(36)7-9-23)30-25(16-40)32(41)42(28-14-33(3,4)15-29(43)31(28)30)27-13-21(34(37,38)39)5-10-26(27)35/h5-13,30H,14-15,17,41H2,1-4H3. The van der Waals surface area contributed by atoms with Gasteiger partial charge in [-0.3, -0.25) is 9.69 Å². The van der Waals surface area contributed by atoms with Gasteiger partial charge in [-0.15, -0.1) is 11.8 Å². The molecule has 10 heteroatoms. The molecule has 0 spiro atoms. The Morgan fingerprint density at radius 3 is 2.39 bits per heavy atom. The Labute approximate surface area is 263 Å². The van der Waals surface area contributed by atoms with Gasteiger partial charge in [-0.25, -0.2) is 4.39 Å². The van der Waals surface area contributed by atoms with Gasteiger partial charge >= 0.3 is 6.18 Å². The van der Waals surface area contributed by atoms with E-state index in [0.29, 0.717) is 23.4 Å². The molecule has 1 aliphatic carbocycles. The van der Waals surface area contributed by atoms with Crippen molar-refractivity contribution >= 4 is 34.8 Å². The van der Waals surface area contributed by atoms with Gasteiger partial charge in [-0.2, -0.15) is 18.4 Å². The number of hydrogen-bond donors (Lipinski definition) is 1. The van der Waals surface area contributed by atoms with Gasteiger partial charge in [0, 0.05) is 28.3 Å². The topological polar surface area (TPSA) is 70.1 Å². The average Bonchev–Trinajstić information content (AvgIpc) is 2.92. The van der Waals surface area contributed by atoms with Crippen LogP contribution in [-0.4, -0.2) is 5.78 Å². The van der Waals surface area contributed by atoms with E-state index in [1.165, 1.54) is 28.8 Å². The molecule has 0 aromatic heterocycles. The molecule has 0 bridgehead atoms. The van der Waals surface area contributed by atoms with E-state index < -0.39 is 23.1 Å². The molecule has 2 aliphatic rings. The van der Waals surface area contributed by atoms with E-state index in [-0.39, 0.29) is 40.1 Å². The number of nitriles is 1. The van der Waals surface area contributed by atoms with Crippen LogP contribution in [0, 0.1) is 36.4 Å². The zero-order valence-corrected chi connectivity index (χ0v) is 26.1. The number of carbonyl (C=O) groups is 1. The lowest BCUT2D eigenvalue weighted by atomic mass is 9.68. The molecule has 3 aromatic rings. The summed E-state index contributed by atoms with van der Waals surface area (Å²) in [4.78, 5) is 16.2. The molecule has 2 N–H and O–H groups in total. The van der Waals surface area contributed by atoms with E-state index in [9.17, 15) is 27.6 Å². The van der Waals surface area contributed by atoms with Crippen molar-refractivity contribution in [2.24, 2.45) is 11.1 Å². The van der Waals surface area contributed by atoms with Crippen LogP contribution in [-0.2, 0) is 16.7 Å². The second-order valence-electron chi connectivity index (χ2n) is 12.0. The summed E-state index contributed by atoms with van der Waals surface area (Å²) in [5.41, 5.74) is 9.59. The molecule has 1 heterocycles. The summed E-state index contributed by atoms with van der Waals surface area (Å²) in [6.45, 7) is 7.70. The second-order valence-corrected chi connectivity index (χ2v) is 13.5. The predicted octanol–water partition coefficient (Wildman–Crippen LogP) is 9.35. The highest BCUT2D eigenvalue weighted by molar-refractivity contribution is 7.98. The van der Waals surface area contributed by atoms with Crippen LogP contribution >= 0.6 is 23.4 Å². The Bertz CT molecular complexity index is 1770. The molecule has 0 amide bonds. The molecule has 1 aliphatic heterocycles. The third-order valence-corrected chi connectivity index (χ3v) is 9.52. The highest BCUT2D eigenvalue weighted by Gasteiger charge is 2.46. The van der Waals surface area contributed by atoms with Gasteiger partial charge in [0.1, 0.15) is 11.6 Å². The maximum atomic E-state index is 14.0. The lowest BCUT2D eigenvalue weighted by Gasteiger charge is -2.44. The fraction of sp³-hybridized carbons (Fsp3) is 0.294. The number of anilines is 1. The van der Waals surface area contributed by atoms with Crippen molar-refractivity contribution in [2.45, 2.75) is 63.3 Å². The first-order valence-corrected chi connectivity index (χ1v) is 15.3. The molecule has 0 saturated carbocycles. The zero-order valence-electron chi connectivity index (χ0n) is 24.6. The molecular formula is C34H30ClF4N3OS. The Kier molecular flexibility index (Phi) is 8.38. The number of aryl methyl sites for hydroxylation is 2. The molecule has 3 aromatic carbocycles. The summed E-state index contributed by atoms with van der Waals surface area (Å²) < 4.78 is 54.7. The fourth-order valence-corrected chi connectivity index (χ4v) is 7.19. The van der Waals surface area contributed by atoms with Crippen molar-refractivity contribution < 1.29 is 22.4 Å². The fourth-order valence-electron chi connectivity index (χ4n) is 6.03. The lowest BCUT2D eigenvalue weighted by Crippen LogP contribution is -2.42. The number of alkyl halides is 3. The summed E-state index contributed by atoms with van der Waals surface area (Å²) in [6.07, 6.45) is -4.12. The first-order valence-electron chi connectivity index (χ1n) is 13.9. The molecule has 0 fully saturated rings. The Hall–Kier alpha value is -3.74. The second kappa shape index (κ2) is 11.6. The minimum atomic E-state index is -4.64. The van der Waals surface area contributed by atoms with Crippen molar-refractivity contribution in [1.29, 1.82) is 5.26 Å². The van der Waals surface area contributed by atoms with Crippen molar-refractivity contribution in [3.05, 3.63) is 116 Å². The quantitative estimate of drug-likeness (QED) is 0.223. The number of thioether (sulfide) groups is 1. The van der Waals surface area contributed by atoms with Gasteiger partial charge in [0.25, 0.3) is 0 Å². The third-order valence-electron chi connectivity index (χ3n) is 8.14. The van der Waals surface area contributed by atoms with E-state index in [2.05, 4.69) is 6.07 Å². The van der Waals surface area contributed by atoms with Crippen LogP contribution in [0.25, 0.3) is 0 Å². The molecule has 1 unspecified atom stereocenters. The first-order chi connectivity index (χ1) is 20.6. The van der Waals surface area contributed by atoms with Gasteiger partial charge < -0.3 is 5.73 Å². The normalized spacial score (nSPS) is 18.4. The molecular weight excluding hydrogens is 610 g/mol. The zero-order chi connectivity index (χ0) is 32.1. The highest BCUT2D eigenvalue weighted by Crippen LogP contribution is 2.52. The Morgan fingerprint density at radius 1 is 1.07 bits per heavy atom. The van der Waals surface area contributed by atoms with E-state index in [1.807, 2.05) is 39.8 Å². The number of hydrogen-bond acceptors (Lipinski definition) is 5. The van der Waals surface area contributed by atoms with E-state index in [0.717, 1.165) is 45.3 Å². The molecule has 0 saturated heterocycles. The summed E-state index contributed by atoms with van der Waals surface area (Å²) in [6, 6.07) is 15.3. The summed E-state index contributed by atoms with van der Waals surface area (Å²) in [5.74, 6) is -0.840.